The van der Waals surface area contributed by atoms with Crippen molar-refractivity contribution in [3.05, 3.63) is 0 Å². The van der Waals surface area contributed by atoms with Crippen LogP contribution in [0, 0.1) is 11.3 Å². The number of nitrogens with one attached hydrogen (secondary N) is 1. The van der Waals surface area contributed by atoms with E-state index in [0.717, 1.165) is 6.42 Å². The lowest BCUT2D eigenvalue weighted by Crippen LogP contribution is -2.44. The molecule has 96 valence electrons. The quantitative estimate of drug-likeness (QED) is 0.757. The molecule has 0 heterocycles. The van der Waals surface area contributed by atoms with E-state index in [9.17, 15) is 5.11 Å². The zero-order chi connectivity index (χ0) is 12.2. The Labute approximate surface area is 101 Å². The molecule has 1 aliphatic rings. The Balaban J connectivity index is 2.31. The minimum Gasteiger partial charge on any atom is -0.395 e. The van der Waals surface area contributed by atoms with Crippen LogP contribution in [-0.2, 0) is 0 Å². The number of hydrogen-bond acceptors (Lipinski definition) is 2. The van der Waals surface area contributed by atoms with Gasteiger partial charge >= 0.3 is 0 Å². The molecule has 2 N–H and O–H groups in total. The standard InChI is InChI=1S/C14H29NO/c1-11(2)9-13(10-16)15-12-5-7-14(3,4)8-6-12/h11-13,15-16H,5-10H2,1-4H3. The first-order valence-corrected chi connectivity index (χ1v) is 6.80. The summed E-state index contributed by atoms with van der Waals surface area (Å²) in [4.78, 5) is 0. The molecule has 2 nitrogen and oxygen atoms in total. The highest BCUT2D eigenvalue weighted by molar-refractivity contribution is 4.84. The highest BCUT2D eigenvalue weighted by atomic mass is 16.3. The van der Waals surface area contributed by atoms with E-state index in [1.54, 1.807) is 0 Å². The first-order valence-electron chi connectivity index (χ1n) is 6.80. The van der Waals surface area contributed by atoms with Crippen LogP contribution in [0.4, 0.5) is 0 Å². The average Bonchev–Trinajstić information content (AvgIpc) is 2.19. The first-order chi connectivity index (χ1) is 7.43. The second kappa shape index (κ2) is 6.02. The monoisotopic (exact) mass is 227 g/mol. The number of aliphatic hydroxyl groups excluding tert-OH is 1. The zero-order valence-corrected chi connectivity index (χ0v) is 11.4. The smallest absolute Gasteiger partial charge is 0.0584 e. The van der Waals surface area contributed by atoms with Crippen molar-refractivity contribution in [1.82, 2.24) is 5.32 Å². The Morgan fingerprint density at radius 3 is 2.25 bits per heavy atom. The Hall–Kier alpha value is -0.0800. The molecule has 0 radical (unpaired) electrons. The molecule has 1 atom stereocenters. The molecule has 1 unspecified atom stereocenters. The largest absolute Gasteiger partial charge is 0.395 e. The normalized spacial score (nSPS) is 23.6. The van der Waals surface area contributed by atoms with Gasteiger partial charge in [-0.1, -0.05) is 27.7 Å². The lowest BCUT2D eigenvalue weighted by atomic mass is 9.75. The average molecular weight is 227 g/mol. The Bertz CT molecular complexity index is 191. The maximum atomic E-state index is 9.35. The van der Waals surface area contributed by atoms with Crippen LogP contribution < -0.4 is 5.32 Å². The van der Waals surface area contributed by atoms with Gasteiger partial charge in [0.2, 0.25) is 0 Å². The van der Waals surface area contributed by atoms with Gasteiger partial charge in [0.1, 0.15) is 0 Å². The summed E-state index contributed by atoms with van der Waals surface area (Å²) in [6.07, 6.45) is 6.23. The van der Waals surface area contributed by atoms with Crippen molar-refractivity contribution >= 4 is 0 Å². The lowest BCUT2D eigenvalue weighted by molar-refractivity contribution is 0.166. The molecule has 0 aromatic heterocycles. The van der Waals surface area contributed by atoms with Crippen molar-refractivity contribution in [2.24, 2.45) is 11.3 Å². The molecule has 16 heavy (non-hydrogen) atoms. The molecule has 1 saturated carbocycles. The number of rotatable bonds is 5. The third-order valence-corrected chi connectivity index (χ3v) is 3.79. The summed E-state index contributed by atoms with van der Waals surface area (Å²) in [5.41, 5.74) is 0.533. The molecule has 1 fully saturated rings. The summed E-state index contributed by atoms with van der Waals surface area (Å²) in [7, 11) is 0. The molecule has 0 aromatic carbocycles. The second-order valence-corrected chi connectivity index (χ2v) is 6.61. The van der Waals surface area contributed by atoms with Crippen molar-refractivity contribution in [2.75, 3.05) is 6.61 Å². The lowest BCUT2D eigenvalue weighted by Gasteiger charge is -2.36. The topological polar surface area (TPSA) is 32.3 Å². The van der Waals surface area contributed by atoms with E-state index in [2.05, 4.69) is 33.0 Å². The van der Waals surface area contributed by atoms with Crippen LogP contribution in [0.3, 0.4) is 0 Å². The minimum atomic E-state index is 0.276. The van der Waals surface area contributed by atoms with Crippen molar-refractivity contribution in [1.29, 1.82) is 0 Å². The molecule has 0 bridgehead atoms. The van der Waals surface area contributed by atoms with Crippen LogP contribution in [0.25, 0.3) is 0 Å². The van der Waals surface area contributed by atoms with Crippen molar-refractivity contribution in [3.63, 3.8) is 0 Å². The first kappa shape index (κ1) is 14.0. The molecule has 2 heteroatoms. The molecule has 0 aliphatic heterocycles. The predicted octanol–water partition coefficient (Wildman–Crippen LogP) is 2.95. The van der Waals surface area contributed by atoms with Gasteiger partial charge in [-0.15, -0.1) is 0 Å². The molecule has 0 amide bonds. The van der Waals surface area contributed by atoms with Gasteiger partial charge < -0.3 is 10.4 Å². The van der Waals surface area contributed by atoms with E-state index in [-0.39, 0.29) is 6.61 Å². The molecule has 1 aliphatic carbocycles. The maximum absolute atomic E-state index is 9.35. The van der Waals surface area contributed by atoms with Crippen LogP contribution in [0.15, 0.2) is 0 Å². The summed E-state index contributed by atoms with van der Waals surface area (Å²) >= 11 is 0. The highest BCUT2D eigenvalue weighted by Gasteiger charge is 2.27. The van der Waals surface area contributed by atoms with Gasteiger partial charge in [0, 0.05) is 12.1 Å². The summed E-state index contributed by atoms with van der Waals surface area (Å²) in [5.74, 6) is 0.657. The third kappa shape index (κ3) is 4.84. The maximum Gasteiger partial charge on any atom is 0.0584 e. The van der Waals surface area contributed by atoms with Crippen molar-refractivity contribution < 1.29 is 5.11 Å². The summed E-state index contributed by atoms with van der Waals surface area (Å²) in [6.45, 7) is 9.43. The zero-order valence-electron chi connectivity index (χ0n) is 11.4. The summed E-state index contributed by atoms with van der Waals surface area (Å²) in [5, 5.41) is 13.0. The van der Waals surface area contributed by atoms with Gasteiger partial charge in [-0.3, -0.25) is 0 Å². The van der Waals surface area contributed by atoms with E-state index in [1.807, 2.05) is 0 Å². The van der Waals surface area contributed by atoms with E-state index >= 15 is 0 Å². The van der Waals surface area contributed by atoms with Crippen LogP contribution in [0.1, 0.15) is 59.8 Å². The minimum absolute atomic E-state index is 0.276. The van der Waals surface area contributed by atoms with Gasteiger partial charge in [-0.05, 0) is 43.4 Å². The Morgan fingerprint density at radius 2 is 1.81 bits per heavy atom. The SMILES string of the molecule is CC(C)CC(CO)NC1CCC(C)(C)CC1. The number of hydrogen-bond donors (Lipinski definition) is 2. The van der Waals surface area contributed by atoms with Crippen LogP contribution in [0.2, 0.25) is 0 Å². The van der Waals surface area contributed by atoms with Gasteiger partial charge in [-0.25, -0.2) is 0 Å². The Kier molecular flexibility index (Phi) is 5.26. The van der Waals surface area contributed by atoms with Gasteiger partial charge in [0.05, 0.1) is 6.61 Å². The van der Waals surface area contributed by atoms with E-state index in [1.165, 1.54) is 25.7 Å². The van der Waals surface area contributed by atoms with Gasteiger partial charge in [-0.2, -0.15) is 0 Å². The third-order valence-electron chi connectivity index (χ3n) is 3.79. The van der Waals surface area contributed by atoms with Gasteiger partial charge in [0.15, 0.2) is 0 Å². The summed E-state index contributed by atoms with van der Waals surface area (Å²) < 4.78 is 0. The summed E-state index contributed by atoms with van der Waals surface area (Å²) in [6, 6.07) is 0.926. The fourth-order valence-corrected chi connectivity index (χ4v) is 2.66. The van der Waals surface area contributed by atoms with Gasteiger partial charge in [0.25, 0.3) is 0 Å². The predicted molar refractivity (Wildman–Crippen MR) is 69.5 cm³/mol. The molecular formula is C14H29NO. The van der Waals surface area contributed by atoms with E-state index < -0.39 is 0 Å². The van der Waals surface area contributed by atoms with Crippen LogP contribution in [-0.4, -0.2) is 23.8 Å². The van der Waals surface area contributed by atoms with Crippen molar-refractivity contribution in [2.45, 2.75) is 71.9 Å². The van der Waals surface area contributed by atoms with E-state index in [0.29, 0.717) is 23.4 Å². The number of aliphatic hydroxyl groups is 1. The van der Waals surface area contributed by atoms with Crippen LogP contribution >= 0.6 is 0 Å². The molecule has 1 rings (SSSR count). The van der Waals surface area contributed by atoms with Crippen LogP contribution in [0.5, 0.6) is 0 Å². The fourth-order valence-electron chi connectivity index (χ4n) is 2.66. The Morgan fingerprint density at radius 1 is 1.25 bits per heavy atom. The van der Waals surface area contributed by atoms with Crippen molar-refractivity contribution in [3.8, 4) is 0 Å². The molecule has 0 spiro atoms. The van der Waals surface area contributed by atoms with E-state index in [4.69, 9.17) is 0 Å². The fraction of sp³-hybridized carbons (Fsp3) is 1.00. The second-order valence-electron chi connectivity index (χ2n) is 6.61. The molecule has 0 aromatic rings. The molecular weight excluding hydrogens is 198 g/mol. The molecule has 0 saturated heterocycles. The highest BCUT2D eigenvalue weighted by Crippen LogP contribution is 2.35.